The lowest BCUT2D eigenvalue weighted by atomic mass is 10.1. The molecule has 0 N–H and O–H groups in total. The lowest BCUT2D eigenvalue weighted by Crippen LogP contribution is -2.37. The van der Waals surface area contributed by atoms with Crippen molar-refractivity contribution in [3.63, 3.8) is 0 Å². The van der Waals surface area contributed by atoms with Crippen LogP contribution in [-0.4, -0.2) is 12.1 Å². The normalized spacial score (nSPS) is 20.3. The van der Waals surface area contributed by atoms with Crippen LogP contribution in [0.3, 0.4) is 0 Å². The highest BCUT2D eigenvalue weighted by Gasteiger charge is 2.28. The predicted octanol–water partition coefficient (Wildman–Crippen LogP) is 3.24. The molecule has 0 amide bonds. The van der Waals surface area contributed by atoms with E-state index >= 15 is 0 Å². The SMILES string of the molecule is CCC1Cc2ccccc2N1C(C)C. The molecule has 1 aromatic carbocycles. The average Bonchev–Trinajstić information content (AvgIpc) is 2.55. The van der Waals surface area contributed by atoms with Gasteiger partial charge in [-0.3, -0.25) is 0 Å². The topological polar surface area (TPSA) is 3.24 Å². The third-order valence-corrected chi connectivity index (χ3v) is 3.15. The van der Waals surface area contributed by atoms with Gasteiger partial charge in [0.15, 0.2) is 0 Å². The molecule has 1 aliphatic rings. The number of hydrogen-bond acceptors (Lipinski definition) is 1. The van der Waals surface area contributed by atoms with Crippen molar-refractivity contribution < 1.29 is 0 Å². The summed E-state index contributed by atoms with van der Waals surface area (Å²) in [6.45, 7) is 6.85. The van der Waals surface area contributed by atoms with E-state index in [1.165, 1.54) is 24.1 Å². The fourth-order valence-corrected chi connectivity index (χ4v) is 2.53. The molecule has 0 bridgehead atoms. The number of nitrogens with zero attached hydrogens (tertiary/aromatic N) is 1. The van der Waals surface area contributed by atoms with Gasteiger partial charge in [-0.1, -0.05) is 25.1 Å². The van der Waals surface area contributed by atoms with Gasteiger partial charge < -0.3 is 4.90 Å². The van der Waals surface area contributed by atoms with E-state index in [4.69, 9.17) is 0 Å². The minimum Gasteiger partial charge on any atom is -0.366 e. The van der Waals surface area contributed by atoms with Gasteiger partial charge in [-0.05, 0) is 38.3 Å². The Bertz CT molecular complexity index is 317. The monoisotopic (exact) mass is 189 g/mol. The Kier molecular flexibility index (Phi) is 2.49. The fourth-order valence-electron chi connectivity index (χ4n) is 2.53. The van der Waals surface area contributed by atoms with Crippen molar-refractivity contribution in [2.24, 2.45) is 0 Å². The Morgan fingerprint density at radius 3 is 2.71 bits per heavy atom. The highest BCUT2D eigenvalue weighted by molar-refractivity contribution is 5.59. The molecule has 1 nitrogen and oxygen atoms in total. The molecular weight excluding hydrogens is 170 g/mol. The summed E-state index contributed by atoms with van der Waals surface area (Å²) in [7, 11) is 0. The largest absolute Gasteiger partial charge is 0.366 e. The van der Waals surface area contributed by atoms with Crippen LogP contribution in [0.5, 0.6) is 0 Å². The van der Waals surface area contributed by atoms with Gasteiger partial charge in [-0.25, -0.2) is 0 Å². The number of rotatable bonds is 2. The second-order valence-corrected chi connectivity index (χ2v) is 4.40. The standard InChI is InChI=1S/C13H19N/c1-4-12-9-11-7-5-6-8-13(11)14(12)10(2)3/h5-8,10,12H,4,9H2,1-3H3. The summed E-state index contributed by atoms with van der Waals surface area (Å²) in [5.74, 6) is 0. The zero-order valence-corrected chi connectivity index (χ0v) is 9.33. The number of fused-ring (bicyclic) bond motifs is 1. The van der Waals surface area contributed by atoms with Gasteiger partial charge >= 0.3 is 0 Å². The van der Waals surface area contributed by atoms with Gasteiger partial charge in [0, 0.05) is 17.8 Å². The fraction of sp³-hybridized carbons (Fsp3) is 0.538. The maximum atomic E-state index is 2.56. The zero-order valence-electron chi connectivity index (χ0n) is 9.33. The van der Waals surface area contributed by atoms with Crippen molar-refractivity contribution in [2.45, 2.75) is 45.7 Å². The highest BCUT2D eigenvalue weighted by atomic mass is 15.2. The van der Waals surface area contributed by atoms with Gasteiger partial charge in [0.25, 0.3) is 0 Å². The first-order valence-corrected chi connectivity index (χ1v) is 5.60. The first-order chi connectivity index (χ1) is 6.74. The average molecular weight is 189 g/mol. The van der Waals surface area contributed by atoms with Crippen molar-refractivity contribution in [3.8, 4) is 0 Å². The summed E-state index contributed by atoms with van der Waals surface area (Å²) in [5, 5.41) is 0. The van der Waals surface area contributed by atoms with E-state index < -0.39 is 0 Å². The van der Waals surface area contributed by atoms with Crippen LogP contribution < -0.4 is 4.90 Å². The minimum atomic E-state index is 0.614. The second-order valence-electron chi connectivity index (χ2n) is 4.40. The molecule has 1 unspecified atom stereocenters. The Hall–Kier alpha value is -0.980. The summed E-state index contributed by atoms with van der Waals surface area (Å²) in [4.78, 5) is 2.56. The lowest BCUT2D eigenvalue weighted by molar-refractivity contribution is 0.556. The van der Waals surface area contributed by atoms with Crippen molar-refractivity contribution >= 4 is 5.69 Å². The van der Waals surface area contributed by atoms with Crippen LogP contribution in [0.25, 0.3) is 0 Å². The van der Waals surface area contributed by atoms with E-state index in [0.717, 1.165) is 0 Å². The molecule has 0 fully saturated rings. The number of benzene rings is 1. The predicted molar refractivity (Wildman–Crippen MR) is 61.8 cm³/mol. The van der Waals surface area contributed by atoms with Gasteiger partial charge in [-0.2, -0.15) is 0 Å². The molecule has 1 aromatic rings. The second kappa shape index (κ2) is 3.64. The smallest absolute Gasteiger partial charge is 0.0404 e. The molecule has 1 heterocycles. The van der Waals surface area contributed by atoms with Crippen LogP contribution in [0, 0.1) is 0 Å². The summed E-state index contributed by atoms with van der Waals surface area (Å²) in [5.41, 5.74) is 2.97. The van der Waals surface area contributed by atoms with Gasteiger partial charge in [0.05, 0.1) is 0 Å². The maximum Gasteiger partial charge on any atom is 0.0404 e. The van der Waals surface area contributed by atoms with Crippen molar-refractivity contribution in [1.29, 1.82) is 0 Å². The Morgan fingerprint density at radius 1 is 1.36 bits per heavy atom. The van der Waals surface area contributed by atoms with Crippen molar-refractivity contribution in [3.05, 3.63) is 29.8 Å². The molecule has 2 rings (SSSR count). The van der Waals surface area contributed by atoms with Gasteiger partial charge in [0.2, 0.25) is 0 Å². The molecule has 0 aromatic heterocycles. The van der Waals surface area contributed by atoms with Gasteiger partial charge in [-0.15, -0.1) is 0 Å². The molecule has 0 saturated heterocycles. The number of hydrogen-bond donors (Lipinski definition) is 0. The van der Waals surface area contributed by atoms with Gasteiger partial charge in [0.1, 0.15) is 0 Å². The molecule has 14 heavy (non-hydrogen) atoms. The van der Waals surface area contributed by atoms with E-state index in [1.807, 2.05) is 0 Å². The quantitative estimate of drug-likeness (QED) is 0.690. The van der Waals surface area contributed by atoms with E-state index in [2.05, 4.69) is 49.9 Å². The third-order valence-electron chi connectivity index (χ3n) is 3.15. The minimum absolute atomic E-state index is 0.614. The highest BCUT2D eigenvalue weighted by Crippen LogP contribution is 2.34. The molecule has 1 heteroatoms. The van der Waals surface area contributed by atoms with E-state index in [1.54, 1.807) is 0 Å². The molecule has 0 saturated carbocycles. The molecule has 1 atom stereocenters. The summed E-state index contributed by atoms with van der Waals surface area (Å²) in [6, 6.07) is 10.1. The molecule has 1 aliphatic heterocycles. The zero-order chi connectivity index (χ0) is 10.1. The van der Waals surface area contributed by atoms with Crippen LogP contribution in [-0.2, 0) is 6.42 Å². The Labute approximate surface area is 86.7 Å². The van der Waals surface area contributed by atoms with E-state index in [-0.39, 0.29) is 0 Å². The van der Waals surface area contributed by atoms with E-state index in [9.17, 15) is 0 Å². The van der Waals surface area contributed by atoms with Crippen LogP contribution in [0.2, 0.25) is 0 Å². The summed E-state index contributed by atoms with van der Waals surface area (Å²) >= 11 is 0. The van der Waals surface area contributed by atoms with Crippen LogP contribution in [0.1, 0.15) is 32.8 Å². The first-order valence-electron chi connectivity index (χ1n) is 5.60. The summed E-state index contributed by atoms with van der Waals surface area (Å²) in [6.07, 6.45) is 2.47. The lowest BCUT2D eigenvalue weighted by Gasteiger charge is -2.30. The Balaban J connectivity index is 2.37. The number of anilines is 1. The van der Waals surface area contributed by atoms with Crippen molar-refractivity contribution in [1.82, 2.24) is 0 Å². The molecule has 76 valence electrons. The van der Waals surface area contributed by atoms with E-state index in [0.29, 0.717) is 12.1 Å². The van der Waals surface area contributed by atoms with Crippen molar-refractivity contribution in [2.75, 3.05) is 4.90 Å². The maximum absolute atomic E-state index is 2.56. The third kappa shape index (κ3) is 1.41. The summed E-state index contributed by atoms with van der Waals surface area (Å²) < 4.78 is 0. The van der Waals surface area contributed by atoms with Crippen LogP contribution in [0.15, 0.2) is 24.3 Å². The molecule has 0 spiro atoms. The molecule has 0 radical (unpaired) electrons. The first kappa shape index (κ1) is 9.57. The van der Waals surface area contributed by atoms with Crippen LogP contribution in [0.4, 0.5) is 5.69 Å². The molecule has 0 aliphatic carbocycles. The Morgan fingerprint density at radius 2 is 2.07 bits per heavy atom. The van der Waals surface area contributed by atoms with Crippen LogP contribution >= 0.6 is 0 Å². The number of para-hydroxylation sites is 1. The molecular formula is C13H19N.